The molecule has 3 aromatic rings. The zero-order valence-electron chi connectivity index (χ0n) is 13.8. The summed E-state index contributed by atoms with van der Waals surface area (Å²) >= 11 is 0. The Hall–Kier alpha value is -2.61. The van der Waals surface area contributed by atoms with Crippen molar-refractivity contribution in [1.82, 2.24) is 9.55 Å². The molecule has 0 N–H and O–H groups in total. The zero-order valence-corrected chi connectivity index (χ0v) is 13.8. The fourth-order valence-electron chi connectivity index (χ4n) is 2.89. The predicted molar refractivity (Wildman–Crippen MR) is 91.1 cm³/mol. The Kier molecular flexibility index (Phi) is 4.89. The summed E-state index contributed by atoms with van der Waals surface area (Å²) in [6.07, 6.45) is 5.67. The van der Waals surface area contributed by atoms with Crippen LogP contribution in [0.4, 0.5) is 0 Å². The van der Waals surface area contributed by atoms with Crippen molar-refractivity contribution in [3.05, 3.63) is 66.0 Å². The number of rotatable bonds is 4. The average molecular weight is 323 g/mol. The van der Waals surface area contributed by atoms with Crippen molar-refractivity contribution < 1.29 is 28.8 Å². The molecule has 0 spiro atoms. The molecule has 2 heterocycles. The third-order valence-corrected chi connectivity index (χ3v) is 4.09. The van der Waals surface area contributed by atoms with E-state index in [1.54, 1.807) is 18.5 Å². The van der Waals surface area contributed by atoms with Gasteiger partial charge < -0.3 is 9.90 Å². The molecule has 5 nitrogen and oxygen atoms in total. The molecular formula is C19H14LiN3O2. The largest absolute Gasteiger partial charge is 1.00 e. The molecule has 25 heavy (non-hydrogen) atoms. The van der Waals surface area contributed by atoms with Gasteiger partial charge in [0, 0.05) is 24.3 Å². The van der Waals surface area contributed by atoms with Gasteiger partial charge in [-0.2, -0.15) is 0 Å². The van der Waals surface area contributed by atoms with E-state index in [0.29, 0.717) is 0 Å². The number of hydrogen-bond donors (Lipinski definition) is 0. The first-order valence-corrected chi connectivity index (χ1v) is 7.67. The number of aliphatic carboxylic acids is 1. The molecule has 1 aliphatic rings. The normalized spacial score (nSPS) is 12.9. The zero-order chi connectivity index (χ0) is 16.5. The van der Waals surface area contributed by atoms with Crippen molar-refractivity contribution in [3.8, 4) is 5.69 Å². The van der Waals surface area contributed by atoms with Crippen LogP contribution in [-0.4, -0.2) is 28.3 Å². The number of carbonyl (C=O) groups is 1. The van der Waals surface area contributed by atoms with Crippen LogP contribution in [0.15, 0.2) is 59.9 Å². The number of nitrogens with zero attached hydrogens (tertiary/aromatic N) is 3. The number of aromatic nitrogens is 2. The second-order valence-corrected chi connectivity index (χ2v) is 5.69. The van der Waals surface area contributed by atoms with Crippen LogP contribution in [0.25, 0.3) is 22.3 Å². The molecule has 0 amide bonds. The van der Waals surface area contributed by atoms with Crippen LogP contribution in [0.5, 0.6) is 0 Å². The number of fused-ring (bicyclic) bond motifs is 1. The standard InChI is InChI=1S/C19H15N3O2.Li/c23-19(24)9-13-1-4-16(5-2-13)22-12-21-17-10-14(3-6-18(17)22)15-7-8-20-11-15;/h1-7,10-12H,8-9H2,(H,23,24);/q;+1/p-1. The third-order valence-electron chi connectivity index (χ3n) is 4.09. The molecule has 0 atom stereocenters. The molecule has 1 aromatic heterocycles. The van der Waals surface area contributed by atoms with E-state index in [4.69, 9.17) is 0 Å². The second-order valence-electron chi connectivity index (χ2n) is 5.69. The van der Waals surface area contributed by atoms with Crippen molar-refractivity contribution in [2.75, 3.05) is 6.54 Å². The first-order chi connectivity index (χ1) is 11.7. The molecule has 0 bridgehead atoms. The summed E-state index contributed by atoms with van der Waals surface area (Å²) in [5.41, 5.74) is 5.80. The summed E-state index contributed by atoms with van der Waals surface area (Å²) in [6.45, 7) is 0.736. The van der Waals surface area contributed by atoms with Crippen molar-refractivity contribution in [3.63, 3.8) is 0 Å². The van der Waals surface area contributed by atoms with Crippen LogP contribution in [0.2, 0.25) is 0 Å². The maximum Gasteiger partial charge on any atom is 1.00 e. The Labute approximate surface area is 156 Å². The molecule has 4 rings (SSSR count). The van der Waals surface area contributed by atoms with Crippen molar-refractivity contribution in [2.45, 2.75) is 6.42 Å². The molecular weight excluding hydrogens is 309 g/mol. The number of aliphatic imine (C=N–C) groups is 1. The summed E-state index contributed by atoms with van der Waals surface area (Å²) < 4.78 is 1.99. The van der Waals surface area contributed by atoms with E-state index >= 15 is 0 Å². The van der Waals surface area contributed by atoms with E-state index < -0.39 is 5.97 Å². The molecule has 0 fully saturated rings. The number of benzene rings is 2. The summed E-state index contributed by atoms with van der Waals surface area (Å²) in [5.74, 6) is -1.08. The first kappa shape index (κ1) is 17.2. The van der Waals surface area contributed by atoms with Gasteiger partial charge in [-0.3, -0.25) is 9.56 Å². The number of hydrogen-bond acceptors (Lipinski definition) is 4. The molecule has 6 heteroatoms. The van der Waals surface area contributed by atoms with Gasteiger partial charge in [-0.25, -0.2) is 4.98 Å². The van der Waals surface area contributed by atoms with Crippen LogP contribution in [0.3, 0.4) is 0 Å². The summed E-state index contributed by atoms with van der Waals surface area (Å²) in [6, 6.07) is 13.5. The van der Waals surface area contributed by atoms with Gasteiger partial charge in [-0.15, -0.1) is 0 Å². The summed E-state index contributed by atoms with van der Waals surface area (Å²) in [7, 11) is 0. The minimum atomic E-state index is -1.08. The first-order valence-electron chi connectivity index (χ1n) is 7.67. The maximum absolute atomic E-state index is 10.7. The van der Waals surface area contributed by atoms with E-state index in [1.165, 1.54) is 0 Å². The molecule has 2 aromatic carbocycles. The molecule has 1 aliphatic heterocycles. The fraction of sp³-hybridized carbons (Fsp3) is 0.105. The van der Waals surface area contributed by atoms with E-state index in [1.807, 2.05) is 29.0 Å². The van der Waals surface area contributed by atoms with Gasteiger partial charge in [0.25, 0.3) is 0 Å². The Bertz CT molecular complexity index is 988. The number of carbonyl (C=O) groups excluding carboxylic acids is 1. The van der Waals surface area contributed by atoms with Crippen LogP contribution < -0.4 is 24.0 Å². The van der Waals surface area contributed by atoms with E-state index in [0.717, 1.165) is 40.0 Å². The monoisotopic (exact) mass is 323 g/mol. The van der Waals surface area contributed by atoms with Gasteiger partial charge >= 0.3 is 18.9 Å². The van der Waals surface area contributed by atoms with Gasteiger partial charge in [0.2, 0.25) is 0 Å². The third kappa shape index (κ3) is 3.43. The topological polar surface area (TPSA) is 70.3 Å². The smallest absolute Gasteiger partial charge is 0.550 e. The maximum atomic E-state index is 10.7. The molecule has 118 valence electrons. The van der Waals surface area contributed by atoms with Gasteiger partial charge in [0.05, 0.1) is 17.6 Å². The molecule has 0 radical (unpaired) electrons. The van der Waals surface area contributed by atoms with Gasteiger partial charge in [-0.05, 0) is 41.0 Å². The summed E-state index contributed by atoms with van der Waals surface area (Å²) in [5, 5.41) is 10.7. The van der Waals surface area contributed by atoms with Gasteiger partial charge in [-0.1, -0.05) is 24.3 Å². The van der Waals surface area contributed by atoms with Crippen molar-refractivity contribution in [1.29, 1.82) is 0 Å². The minimum Gasteiger partial charge on any atom is -0.550 e. The Balaban J connectivity index is 0.00000182. The van der Waals surface area contributed by atoms with Gasteiger partial charge in [0.1, 0.15) is 6.33 Å². The Morgan fingerprint density at radius 1 is 1.16 bits per heavy atom. The molecule has 0 unspecified atom stereocenters. The number of carboxylic acid groups (broad SMARTS) is 1. The van der Waals surface area contributed by atoms with Crippen LogP contribution in [0.1, 0.15) is 11.1 Å². The fourth-order valence-corrected chi connectivity index (χ4v) is 2.89. The van der Waals surface area contributed by atoms with Crippen molar-refractivity contribution in [2.24, 2.45) is 4.99 Å². The number of imidazole rings is 1. The van der Waals surface area contributed by atoms with E-state index in [-0.39, 0.29) is 25.3 Å². The minimum absolute atomic E-state index is 0. The summed E-state index contributed by atoms with van der Waals surface area (Å²) in [4.78, 5) is 19.4. The predicted octanol–water partition coefficient (Wildman–Crippen LogP) is -1.21. The van der Waals surface area contributed by atoms with E-state index in [2.05, 4.69) is 28.2 Å². The SMILES string of the molecule is O=C([O-])Cc1ccc(-n2cnc3cc(C4=CCN=C4)ccc32)cc1.[Li+]. The van der Waals surface area contributed by atoms with E-state index in [9.17, 15) is 9.90 Å². The Morgan fingerprint density at radius 3 is 2.64 bits per heavy atom. The second kappa shape index (κ2) is 7.10. The van der Waals surface area contributed by atoms with Gasteiger partial charge in [0.15, 0.2) is 0 Å². The Morgan fingerprint density at radius 2 is 1.96 bits per heavy atom. The van der Waals surface area contributed by atoms with Crippen molar-refractivity contribution >= 4 is 28.8 Å². The average Bonchev–Trinajstić information content (AvgIpc) is 3.24. The molecule has 0 saturated heterocycles. The number of allylic oxidation sites excluding steroid dienone is 1. The molecule has 0 aliphatic carbocycles. The van der Waals surface area contributed by atoms with Crippen LogP contribution in [0, 0.1) is 0 Å². The number of carboxylic acids is 1. The van der Waals surface area contributed by atoms with Crippen LogP contribution >= 0.6 is 0 Å². The van der Waals surface area contributed by atoms with Crippen LogP contribution in [-0.2, 0) is 11.2 Å². The quantitative estimate of drug-likeness (QED) is 0.566. The molecule has 0 saturated carbocycles.